The van der Waals surface area contributed by atoms with Crippen LogP contribution in [0, 0.1) is 0 Å². The lowest BCUT2D eigenvalue weighted by Gasteiger charge is -2.15. The predicted octanol–water partition coefficient (Wildman–Crippen LogP) is 1.79. The number of carboxylic acids is 2. The van der Waals surface area contributed by atoms with Crippen LogP contribution in [0.5, 0.6) is 11.5 Å². The first kappa shape index (κ1) is 16.5. The van der Waals surface area contributed by atoms with Crippen LogP contribution in [0.25, 0.3) is 0 Å². The van der Waals surface area contributed by atoms with Gasteiger partial charge < -0.3 is 26.4 Å². The highest BCUT2D eigenvalue weighted by atomic mass is 16.5. The summed E-state index contributed by atoms with van der Waals surface area (Å²) in [6.07, 6.45) is 0. The number of carbonyl (C=O) groups is 2. The van der Waals surface area contributed by atoms with Crippen LogP contribution in [0.2, 0.25) is 0 Å². The van der Waals surface area contributed by atoms with Gasteiger partial charge in [-0.05, 0) is 24.3 Å². The van der Waals surface area contributed by atoms with E-state index in [2.05, 4.69) is 0 Å². The molecule has 7 nitrogen and oxygen atoms in total. The molecular weight excluding hydrogens is 300 g/mol. The Labute approximate surface area is 132 Å². The van der Waals surface area contributed by atoms with Crippen molar-refractivity contribution in [3.63, 3.8) is 0 Å². The van der Waals surface area contributed by atoms with Gasteiger partial charge in [0, 0.05) is 24.2 Å². The summed E-state index contributed by atoms with van der Waals surface area (Å²) in [7, 11) is 0. The fourth-order valence-corrected chi connectivity index (χ4v) is 2.26. The summed E-state index contributed by atoms with van der Waals surface area (Å²) < 4.78 is 5.72. The van der Waals surface area contributed by atoms with Gasteiger partial charge in [0.15, 0.2) is 0 Å². The van der Waals surface area contributed by atoms with E-state index in [1.807, 2.05) is 0 Å². The van der Waals surface area contributed by atoms with Crippen molar-refractivity contribution in [2.24, 2.45) is 11.5 Å². The van der Waals surface area contributed by atoms with Crippen molar-refractivity contribution in [3.8, 4) is 11.5 Å². The van der Waals surface area contributed by atoms with E-state index in [1.165, 1.54) is 24.3 Å². The lowest BCUT2D eigenvalue weighted by molar-refractivity contribution is 0.0685. The number of benzene rings is 2. The monoisotopic (exact) mass is 316 g/mol. The zero-order valence-corrected chi connectivity index (χ0v) is 12.2. The van der Waals surface area contributed by atoms with Crippen molar-refractivity contribution >= 4 is 11.9 Å². The molecule has 2 aromatic rings. The number of aromatic carboxylic acids is 2. The Bertz CT molecular complexity index is 695. The topological polar surface area (TPSA) is 136 Å². The van der Waals surface area contributed by atoms with Crippen LogP contribution in [-0.2, 0) is 13.1 Å². The highest BCUT2D eigenvalue weighted by Crippen LogP contribution is 2.31. The van der Waals surface area contributed by atoms with Crippen LogP contribution in [0.1, 0.15) is 31.8 Å². The molecule has 0 atom stereocenters. The third-order valence-electron chi connectivity index (χ3n) is 3.36. The lowest BCUT2D eigenvalue weighted by Crippen LogP contribution is -2.11. The molecule has 0 aliphatic carbocycles. The average Bonchev–Trinajstić information content (AvgIpc) is 2.54. The first-order valence-corrected chi connectivity index (χ1v) is 6.78. The number of carboxylic acid groups (broad SMARTS) is 2. The lowest BCUT2D eigenvalue weighted by atomic mass is 10.1. The van der Waals surface area contributed by atoms with Gasteiger partial charge in [-0.25, -0.2) is 9.59 Å². The molecule has 6 N–H and O–H groups in total. The fourth-order valence-electron chi connectivity index (χ4n) is 2.26. The standard InChI is InChI=1S/C16H16N2O5/c17-7-11-9(15(19)20)3-1-5-13(11)23-14-6-2-4-10(16(21)22)12(14)8-18/h1-6H,7-8,17-18H2,(H,19,20)(H,21,22). The maximum Gasteiger partial charge on any atom is 0.336 e. The molecule has 0 saturated heterocycles. The molecule has 0 aliphatic heterocycles. The molecule has 0 fully saturated rings. The highest BCUT2D eigenvalue weighted by molar-refractivity contribution is 5.91. The van der Waals surface area contributed by atoms with E-state index in [0.717, 1.165) is 0 Å². The molecule has 23 heavy (non-hydrogen) atoms. The van der Waals surface area contributed by atoms with E-state index in [1.54, 1.807) is 12.1 Å². The molecule has 0 aliphatic rings. The summed E-state index contributed by atoms with van der Waals surface area (Å²) in [6.45, 7) is -0.0667. The molecular formula is C16H16N2O5. The van der Waals surface area contributed by atoms with E-state index in [9.17, 15) is 19.8 Å². The molecule has 0 saturated carbocycles. The molecule has 7 heteroatoms. The normalized spacial score (nSPS) is 10.3. The van der Waals surface area contributed by atoms with Crippen molar-refractivity contribution in [3.05, 3.63) is 58.7 Å². The van der Waals surface area contributed by atoms with Gasteiger partial charge in [-0.15, -0.1) is 0 Å². The van der Waals surface area contributed by atoms with Gasteiger partial charge in [0.25, 0.3) is 0 Å². The molecule has 0 unspecified atom stereocenters. The van der Waals surface area contributed by atoms with Crippen molar-refractivity contribution in [2.75, 3.05) is 0 Å². The summed E-state index contributed by atoms with van der Waals surface area (Å²) in [5, 5.41) is 18.4. The molecule has 2 aromatic carbocycles. The second kappa shape index (κ2) is 6.91. The third kappa shape index (κ3) is 3.31. The predicted molar refractivity (Wildman–Crippen MR) is 82.7 cm³/mol. The van der Waals surface area contributed by atoms with Gasteiger partial charge in [-0.1, -0.05) is 12.1 Å². The Morgan fingerprint density at radius 1 is 0.826 bits per heavy atom. The van der Waals surface area contributed by atoms with Crippen molar-refractivity contribution in [1.82, 2.24) is 0 Å². The van der Waals surface area contributed by atoms with Crippen molar-refractivity contribution in [1.29, 1.82) is 0 Å². The van der Waals surface area contributed by atoms with Gasteiger partial charge in [-0.3, -0.25) is 0 Å². The number of hydrogen-bond donors (Lipinski definition) is 4. The van der Waals surface area contributed by atoms with E-state index < -0.39 is 11.9 Å². The summed E-state index contributed by atoms with van der Waals surface area (Å²) >= 11 is 0. The second-order valence-corrected chi connectivity index (χ2v) is 4.69. The van der Waals surface area contributed by atoms with Gasteiger partial charge >= 0.3 is 11.9 Å². The molecule has 0 radical (unpaired) electrons. The molecule has 0 heterocycles. The SMILES string of the molecule is NCc1c(Oc2cccc(C(=O)O)c2CN)cccc1C(=O)O. The Morgan fingerprint density at radius 3 is 1.52 bits per heavy atom. The minimum Gasteiger partial charge on any atom is -0.478 e. The Morgan fingerprint density at radius 2 is 1.22 bits per heavy atom. The van der Waals surface area contributed by atoms with E-state index in [0.29, 0.717) is 11.1 Å². The van der Waals surface area contributed by atoms with Crippen LogP contribution in [0.4, 0.5) is 0 Å². The third-order valence-corrected chi connectivity index (χ3v) is 3.36. The minimum atomic E-state index is -1.12. The van der Waals surface area contributed by atoms with Crippen molar-refractivity contribution < 1.29 is 24.5 Å². The Kier molecular flexibility index (Phi) is 4.95. The van der Waals surface area contributed by atoms with Gasteiger partial charge in [-0.2, -0.15) is 0 Å². The number of rotatable bonds is 6. The van der Waals surface area contributed by atoms with E-state index >= 15 is 0 Å². The first-order chi connectivity index (χ1) is 11.0. The number of hydrogen-bond acceptors (Lipinski definition) is 5. The maximum atomic E-state index is 11.2. The van der Waals surface area contributed by atoms with E-state index in [4.69, 9.17) is 16.2 Å². The Balaban J connectivity index is 2.52. The van der Waals surface area contributed by atoms with Crippen LogP contribution >= 0.6 is 0 Å². The smallest absolute Gasteiger partial charge is 0.336 e. The van der Waals surface area contributed by atoms with Crippen LogP contribution in [-0.4, -0.2) is 22.2 Å². The summed E-state index contributed by atoms with van der Waals surface area (Å²) in [5.41, 5.74) is 12.0. The molecule has 0 spiro atoms. The second-order valence-electron chi connectivity index (χ2n) is 4.69. The van der Waals surface area contributed by atoms with Gasteiger partial charge in [0.2, 0.25) is 0 Å². The molecule has 2 rings (SSSR count). The summed E-state index contributed by atoms with van der Waals surface area (Å²) in [4.78, 5) is 22.5. The number of nitrogens with two attached hydrogens (primary N) is 2. The van der Waals surface area contributed by atoms with Crippen LogP contribution in [0.15, 0.2) is 36.4 Å². The van der Waals surface area contributed by atoms with Crippen molar-refractivity contribution in [2.45, 2.75) is 13.1 Å². The van der Waals surface area contributed by atoms with E-state index in [-0.39, 0.29) is 35.7 Å². The van der Waals surface area contributed by atoms with Gasteiger partial charge in [0.05, 0.1) is 11.1 Å². The maximum absolute atomic E-state index is 11.2. The van der Waals surface area contributed by atoms with Crippen LogP contribution in [0.3, 0.4) is 0 Å². The van der Waals surface area contributed by atoms with Gasteiger partial charge in [0.1, 0.15) is 11.5 Å². The molecule has 0 bridgehead atoms. The Hall–Kier alpha value is -2.90. The zero-order chi connectivity index (χ0) is 17.0. The molecule has 120 valence electrons. The first-order valence-electron chi connectivity index (χ1n) is 6.78. The summed E-state index contributed by atoms with van der Waals surface area (Å²) in [5.74, 6) is -1.72. The highest BCUT2D eigenvalue weighted by Gasteiger charge is 2.18. The molecule has 0 aromatic heterocycles. The summed E-state index contributed by atoms with van der Waals surface area (Å²) in [6, 6.07) is 9.05. The van der Waals surface area contributed by atoms with Crippen LogP contribution < -0.4 is 16.2 Å². The zero-order valence-electron chi connectivity index (χ0n) is 12.2. The average molecular weight is 316 g/mol. The fraction of sp³-hybridized carbons (Fsp3) is 0.125. The quantitative estimate of drug-likeness (QED) is 0.637. The largest absolute Gasteiger partial charge is 0.478 e. The number of ether oxygens (including phenoxy) is 1. The molecule has 0 amide bonds. The minimum absolute atomic E-state index is 0.0333.